The molecule has 1 aromatic heterocycles. The zero-order valence-corrected chi connectivity index (χ0v) is 16.4. The van der Waals surface area contributed by atoms with Crippen LogP contribution in [0.3, 0.4) is 0 Å². The summed E-state index contributed by atoms with van der Waals surface area (Å²) < 4.78 is 2.34. The van der Waals surface area contributed by atoms with Gasteiger partial charge in [-0.2, -0.15) is 0 Å². The van der Waals surface area contributed by atoms with Crippen LogP contribution in [0.1, 0.15) is 44.0 Å². The molecule has 0 radical (unpaired) electrons. The summed E-state index contributed by atoms with van der Waals surface area (Å²) in [6, 6.07) is 16.5. The van der Waals surface area contributed by atoms with Crippen LogP contribution in [0.15, 0.2) is 48.5 Å². The molecule has 0 unspecified atom stereocenters. The molecule has 1 aliphatic heterocycles. The molecule has 0 N–H and O–H groups in total. The summed E-state index contributed by atoms with van der Waals surface area (Å²) in [5.41, 5.74) is 4.37. The number of hydrogen-bond donors (Lipinski definition) is 0. The highest BCUT2D eigenvalue weighted by Crippen LogP contribution is 2.33. The largest absolute Gasteiger partial charge is 0.328 e. The fraction of sp³-hybridized carbons (Fsp3) is 0.391. The van der Waals surface area contributed by atoms with E-state index in [1.165, 1.54) is 11.1 Å². The average molecular weight is 361 g/mol. The number of aromatic nitrogens is 2. The first kappa shape index (κ1) is 17.8. The first-order valence-corrected chi connectivity index (χ1v) is 9.85. The first-order chi connectivity index (χ1) is 13.0. The van der Waals surface area contributed by atoms with Gasteiger partial charge in [0, 0.05) is 31.1 Å². The van der Waals surface area contributed by atoms with Gasteiger partial charge in [-0.05, 0) is 49.1 Å². The van der Waals surface area contributed by atoms with Crippen molar-refractivity contribution in [3.8, 4) is 0 Å². The lowest BCUT2D eigenvalue weighted by Crippen LogP contribution is -2.24. The summed E-state index contributed by atoms with van der Waals surface area (Å²) in [5.74, 6) is 2.01. The summed E-state index contributed by atoms with van der Waals surface area (Å²) >= 11 is 0. The van der Waals surface area contributed by atoms with Gasteiger partial charge in [0.2, 0.25) is 5.91 Å². The highest BCUT2D eigenvalue weighted by molar-refractivity contribution is 5.96. The second kappa shape index (κ2) is 7.18. The predicted octanol–water partition coefficient (Wildman–Crippen LogP) is 4.91. The fourth-order valence-electron chi connectivity index (χ4n) is 3.95. The molecule has 140 valence electrons. The van der Waals surface area contributed by atoms with E-state index in [2.05, 4.69) is 55.7 Å². The molecule has 4 rings (SSSR count). The number of benzene rings is 2. The van der Waals surface area contributed by atoms with Crippen LogP contribution in [-0.4, -0.2) is 22.0 Å². The highest BCUT2D eigenvalue weighted by atomic mass is 16.2. The van der Waals surface area contributed by atoms with Crippen molar-refractivity contribution < 1.29 is 4.79 Å². The molecule has 1 aliphatic rings. The summed E-state index contributed by atoms with van der Waals surface area (Å²) in [6.07, 6.45) is 1.63. The van der Waals surface area contributed by atoms with Gasteiger partial charge in [0.05, 0.1) is 11.0 Å². The Morgan fingerprint density at radius 3 is 2.74 bits per heavy atom. The van der Waals surface area contributed by atoms with Crippen molar-refractivity contribution in [2.75, 3.05) is 11.4 Å². The van der Waals surface area contributed by atoms with Crippen molar-refractivity contribution in [1.29, 1.82) is 0 Å². The normalized spacial score (nSPS) is 17.4. The Hall–Kier alpha value is -2.62. The summed E-state index contributed by atoms with van der Waals surface area (Å²) in [6.45, 7) is 8.21. The van der Waals surface area contributed by atoms with Gasteiger partial charge in [-0.15, -0.1) is 0 Å². The maximum absolute atomic E-state index is 12.8. The van der Waals surface area contributed by atoms with Crippen molar-refractivity contribution in [3.63, 3.8) is 0 Å². The van der Waals surface area contributed by atoms with Gasteiger partial charge < -0.3 is 9.47 Å². The Kier molecular flexibility index (Phi) is 4.73. The standard InChI is InChI=1S/C23H27N3O/c1-16(2)11-12-25-21-10-5-4-9-20(21)24-23(25)18-14-22(27)26(15-18)19-8-6-7-17(3)13-19/h4-10,13,16,18H,11-12,14-15H2,1-3H3/t18-/m1/s1. The van der Waals surface area contributed by atoms with E-state index in [-0.39, 0.29) is 11.8 Å². The van der Waals surface area contributed by atoms with Gasteiger partial charge in [0.1, 0.15) is 5.82 Å². The van der Waals surface area contributed by atoms with Gasteiger partial charge in [0.15, 0.2) is 0 Å². The molecule has 0 aliphatic carbocycles. The van der Waals surface area contributed by atoms with E-state index in [0.717, 1.165) is 30.0 Å². The van der Waals surface area contributed by atoms with Gasteiger partial charge in [0.25, 0.3) is 0 Å². The number of nitrogens with zero attached hydrogens (tertiary/aromatic N) is 3. The molecule has 2 aromatic carbocycles. The molecular formula is C23H27N3O. The van der Waals surface area contributed by atoms with Crippen LogP contribution in [-0.2, 0) is 11.3 Å². The Labute approximate surface area is 160 Å². The zero-order valence-electron chi connectivity index (χ0n) is 16.4. The SMILES string of the molecule is Cc1cccc(N2C[C@H](c3nc4ccccc4n3CCC(C)C)CC2=O)c1. The molecule has 3 aromatic rings. The molecule has 0 saturated carbocycles. The Bertz CT molecular complexity index is 973. The number of fused-ring (bicyclic) bond motifs is 1. The van der Waals surface area contributed by atoms with Crippen molar-refractivity contribution in [3.05, 3.63) is 59.9 Å². The first-order valence-electron chi connectivity index (χ1n) is 9.85. The van der Waals surface area contributed by atoms with Crippen LogP contribution in [0.25, 0.3) is 11.0 Å². The number of imidazole rings is 1. The second-order valence-corrected chi connectivity index (χ2v) is 8.04. The quantitative estimate of drug-likeness (QED) is 0.647. The van der Waals surface area contributed by atoms with Gasteiger partial charge in [-0.25, -0.2) is 4.98 Å². The number of amides is 1. The Morgan fingerprint density at radius 2 is 1.96 bits per heavy atom. The van der Waals surface area contributed by atoms with E-state index in [0.29, 0.717) is 18.9 Å². The topological polar surface area (TPSA) is 38.1 Å². The van der Waals surface area contributed by atoms with E-state index in [9.17, 15) is 4.79 Å². The smallest absolute Gasteiger partial charge is 0.227 e. The number of rotatable bonds is 5. The Morgan fingerprint density at radius 1 is 1.15 bits per heavy atom. The lowest BCUT2D eigenvalue weighted by atomic mass is 10.1. The van der Waals surface area contributed by atoms with Crippen molar-refractivity contribution in [2.24, 2.45) is 5.92 Å². The van der Waals surface area contributed by atoms with Crippen molar-refractivity contribution in [1.82, 2.24) is 9.55 Å². The monoisotopic (exact) mass is 361 g/mol. The minimum absolute atomic E-state index is 0.137. The summed E-state index contributed by atoms with van der Waals surface area (Å²) in [7, 11) is 0. The van der Waals surface area contributed by atoms with Crippen molar-refractivity contribution in [2.45, 2.75) is 46.1 Å². The third-order valence-electron chi connectivity index (χ3n) is 5.42. The maximum Gasteiger partial charge on any atom is 0.227 e. The minimum atomic E-state index is 0.137. The molecule has 1 amide bonds. The van der Waals surface area contributed by atoms with E-state index < -0.39 is 0 Å². The molecule has 1 fully saturated rings. The third-order valence-corrected chi connectivity index (χ3v) is 5.42. The van der Waals surface area contributed by atoms with Crippen LogP contribution in [0.5, 0.6) is 0 Å². The molecule has 4 nitrogen and oxygen atoms in total. The average Bonchev–Trinajstić information content (AvgIpc) is 3.20. The zero-order chi connectivity index (χ0) is 19.0. The molecule has 0 spiro atoms. The van der Waals surface area contributed by atoms with Crippen LogP contribution in [0.2, 0.25) is 0 Å². The molecule has 2 heterocycles. The lowest BCUT2D eigenvalue weighted by Gasteiger charge is -2.18. The second-order valence-electron chi connectivity index (χ2n) is 8.04. The summed E-state index contributed by atoms with van der Waals surface area (Å²) in [5, 5.41) is 0. The Balaban J connectivity index is 1.68. The van der Waals surface area contributed by atoms with Gasteiger partial charge >= 0.3 is 0 Å². The van der Waals surface area contributed by atoms with E-state index >= 15 is 0 Å². The number of aryl methyl sites for hydroxylation is 2. The number of hydrogen-bond acceptors (Lipinski definition) is 2. The molecule has 0 bridgehead atoms. The van der Waals surface area contributed by atoms with Crippen LogP contribution >= 0.6 is 0 Å². The molecule has 27 heavy (non-hydrogen) atoms. The molecular weight excluding hydrogens is 334 g/mol. The van der Waals surface area contributed by atoms with Crippen LogP contribution < -0.4 is 4.90 Å². The highest BCUT2D eigenvalue weighted by Gasteiger charge is 2.34. The van der Waals surface area contributed by atoms with Crippen molar-refractivity contribution >= 4 is 22.6 Å². The van der Waals surface area contributed by atoms with E-state index in [1.54, 1.807) is 0 Å². The van der Waals surface area contributed by atoms with Gasteiger partial charge in [-0.1, -0.05) is 38.1 Å². The van der Waals surface area contributed by atoms with Gasteiger partial charge in [-0.3, -0.25) is 4.79 Å². The molecule has 4 heteroatoms. The van der Waals surface area contributed by atoms with E-state index in [1.807, 2.05) is 23.1 Å². The molecule has 1 saturated heterocycles. The summed E-state index contributed by atoms with van der Waals surface area (Å²) in [4.78, 5) is 19.6. The fourth-order valence-corrected chi connectivity index (χ4v) is 3.95. The number of para-hydroxylation sites is 2. The van der Waals surface area contributed by atoms with Crippen LogP contribution in [0, 0.1) is 12.8 Å². The van der Waals surface area contributed by atoms with Crippen LogP contribution in [0.4, 0.5) is 5.69 Å². The number of carbonyl (C=O) groups excluding carboxylic acids is 1. The maximum atomic E-state index is 12.8. The van der Waals surface area contributed by atoms with E-state index in [4.69, 9.17) is 4.98 Å². The minimum Gasteiger partial charge on any atom is -0.328 e. The number of carbonyl (C=O) groups is 1. The molecule has 1 atom stereocenters. The third kappa shape index (κ3) is 3.48. The lowest BCUT2D eigenvalue weighted by molar-refractivity contribution is -0.117. The number of anilines is 1. The predicted molar refractivity (Wildman–Crippen MR) is 110 cm³/mol.